The average Bonchev–Trinajstić information content (AvgIpc) is 2.64. The number of aromatic nitrogens is 2. The number of para-hydroxylation sites is 1. The van der Waals surface area contributed by atoms with Crippen LogP contribution < -0.4 is 10.3 Å². The van der Waals surface area contributed by atoms with Gasteiger partial charge in [-0.3, -0.25) is 9.36 Å². The van der Waals surface area contributed by atoms with Crippen molar-refractivity contribution < 1.29 is 14.9 Å². The van der Waals surface area contributed by atoms with Crippen LogP contribution in [0.25, 0.3) is 23.1 Å². The Balaban J connectivity index is 2.08. The monoisotopic (exact) mass is 338 g/mol. The molecular formula is C19H18N2O4. The highest BCUT2D eigenvalue weighted by Crippen LogP contribution is 2.27. The van der Waals surface area contributed by atoms with E-state index in [1.807, 2.05) is 6.07 Å². The molecule has 2 N–H and O–H groups in total. The number of aliphatic hydroxyl groups is 1. The lowest BCUT2D eigenvalue weighted by atomic mass is 10.2. The number of hydrogen-bond donors (Lipinski definition) is 2. The minimum absolute atomic E-state index is 0.0562. The number of nitrogens with zero attached hydrogens (tertiary/aromatic N) is 2. The fourth-order valence-corrected chi connectivity index (χ4v) is 2.60. The van der Waals surface area contributed by atoms with Gasteiger partial charge in [0.2, 0.25) is 0 Å². The highest BCUT2D eigenvalue weighted by molar-refractivity contribution is 5.79. The molecule has 1 aromatic heterocycles. The molecule has 3 rings (SSSR count). The first-order valence-electron chi connectivity index (χ1n) is 7.79. The van der Waals surface area contributed by atoms with E-state index in [0.29, 0.717) is 22.5 Å². The van der Waals surface area contributed by atoms with Crippen LogP contribution in [-0.4, -0.2) is 33.5 Å². The zero-order valence-electron chi connectivity index (χ0n) is 13.7. The molecule has 0 aliphatic carbocycles. The van der Waals surface area contributed by atoms with E-state index in [0.717, 1.165) is 5.56 Å². The van der Waals surface area contributed by atoms with Gasteiger partial charge in [-0.1, -0.05) is 24.3 Å². The lowest BCUT2D eigenvalue weighted by Crippen LogP contribution is -2.25. The van der Waals surface area contributed by atoms with Crippen molar-refractivity contribution in [2.24, 2.45) is 0 Å². The molecule has 25 heavy (non-hydrogen) atoms. The van der Waals surface area contributed by atoms with Gasteiger partial charge in [-0.15, -0.1) is 0 Å². The van der Waals surface area contributed by atoms with Crippen LogP contribution in [0, 0.1) is 0 Å². The van der Waals surface area contributed by atoms with Gasteiger partial charge in [0.15, 0.2) is 11.5 Å². The molecule has 0 saturated carbocycles. The van der Waals surface area contributed by atoms with E-state index < -0.39 is 0 Å². The van der Waals surface area contributed by atoms with Crippen LogP contribution in [0.15, 0.2) is 47.3 Å². The largest absolute Gasteiger partial charge is 0.504 e. The van der Waals surface area contributed by atoms with Crippen molar-refractivity contribution in [2.45, 2.75) is 6.54 Å². The molecule has 6 nitrogen and oxygen atoms in total. The summed E-state index contributed by atoms with van der Waals surface area (Å²) in [6.45, 7) is 0.00301. The summed E-state index contributed by atoms with van der Waals surface area (Å²) in [6.07, 6.45) is 3.47. The standard InChI is InChI=1S/C19H18N2O4/c1-25-17-12-13(6-8-16(17)23)7-9-18-20-15-5-3-2-4-14(15)19(24)21(18)10-11-22/h2-9,12,22-23H,10-11H2,1H3/b9-7+. The van der Waals surface area contributed by atoms with Crippen molar-refractivity contribution in [3.63, 3.8) is 0 Å². The Labute approximate surface area is 144 Å². The third kappa shape index (κ3) is 3.39. The maximum atomic E-state index is 12.6. The molecule has 1 heterocycles. The first kappa shape index (κ1) is 16.7. The van der Waals surface area contributed by atoms with Gasteiger partial charge in [0, 0.05) is 0 Å². The van der Waals surface area contributed by atoms with E-state index in [-0.39, 0.29) is 24.5 Å². The van der Waals surface area contributed by atoms with Gasteiger partial charge in [-0.25, -0.2) is 4.98 Å². The maximum absolute atomic E-state index is 12.6. The van der Waals surface area contributed by atoms with E-state index >= 15 is 0 Å². The van der Waals surface area contributed by atoms with Gasteiger partial charge in [0.05, 0.1) is 31.2 Å². The summed E-state index contributed by atoms with van der Waals surface area (Å²) in [6, 6.07) is 12.0. The van der Waals surface area contributed by atoms with Gasteiger partial charge >= 0.3 is 0 Å². The molecule has 0 aliphatic rings. The van der Waals surface area contributed by atoms with Gasteiger partial charge in [-0.05, 0) is 35.9 Å². The molecule has 0 amide bonds. The molecule has 0 saturated heterocycles. The minimum Gasteiger partial charge on any atom is -0.504 e. The molecule has 0 spiro atoms. The Morgan fingerprint density at radius 3 is 2.76 bits per heavy atom. The molecule has 3 aromatic rings. The zero-order chi connectivity index (χ0) is 17.8. The second-order valence-corrected chi connectivity index (χ2v) is 5.43. The summed E-state index contributed by atoms with van der Waals surface area (Å²) < 4.78 is 6.53. The fourth-order valence-electron chi connectivity index (χ4n) is 2.60. The maximum Gasteiger partial charge on any atom is 0.261 e. The molecule has 0 bridgehead atoms. The Morgan fingerprint density at radius 1 is 1.20 bits per heavy atom. The SMILES string of the molecule is COc1cc(/C=C/c2nc3ccccc3c(=O)n2CCO)ccc1O. The first-order valence-corrected chi connectivity index (χ1v) is 7.79. The molecule has 0 fully saturated rings. The van der Waals surface area contributed by atoms with Crippen molar-refractivity contribution in [1.29, 1.82) is 0 Å². The van der Waals surface area contributed by atoms with Crippen LogP contribution in [0.3, 0.4) is 0 Å². The summed E-state index contributed by atoms with van der Waals surface area (Å²) in [7, 11) is 1.48. The summed E-state index contributed by atoms with van der Waals surface area (Å²) >= 11 is 0. The van der Waals surface area contributed by atoms with Gasteiger partial charge in [-0.2, -0.15) is 0 Å². The van der Waals surface area contributed by atoms with Crippen molar-refractivity contribution in [3.05, 3.63) is 64.2 Å². The van der Waals surface area contributed by atoms with Gasteiger partial charge in [0.25, 0.3) is 5.56 Å². The van der Waals surface area contributed by atoms with Gasteiger partial charge in [0.1, 0.15) is 5.82 Å². The van der Waals surface area contributed by atoms with Crippen LogP contribution in [0.4, 0.5) is 0 Å². The van der Waals surface area contributed by atoms with E-state index in [9.17, 15) is 15.0 Å². The highest BCUT2D eigenvalue weighted by atomic mass is 16.5. The molecule has 0 aliphatic heterocycles. The summed E-state index contributed by atoms with van der Waals surface area (Å²) in [5.41, 5.74) is 1.19. The third-order valence-corrected chi connectivity index (χ3v) is 3.84. The number of aromatic hydroxyl groups is 1. The number of ether oxygens (including phenoxy) is 1. The second-order valence-electron chi connectivity index (χ2n) is 5.43. The number of phenols is 1. The Kier molecular flexibility index (Phi) is 4.81. The third-order valence-electron chi connectivity index (χ3n) is 3.84. The number of methoxy groups -OCH3 is 1. The molecule has 2 aromatic carbocycles. The Bertz CT molecular complexity index is 992. The predicted molar refractivity (Wildman–Crippen MR) is 96.7 cm³/mol. The molecule has 0 radical (unpaired) electrons. The van der Waals surface area contributed by atoms with E-state index in [1.165, 1.54) is 17.7 Å². The quantitative estimate of drug-likeness (QED) is 0.745. The Morgan fingerprint density at radius 2 is 2.00 bits per heavy atom. The lowest BCUT2D eigenvalue weighted by Gasteiger charge is -2.10. The zero-order valence-corrected chi connectivity index (χ0v) is 13.7. The Hall–Kier alpha value is -3.12. The molecule has 0 atom stereocenters. The van der Waals surface area contributed by atoms with Crippen LogP contribution in [0.2, 0.25) is 0 Å². The molecular weight excluding hydrogens is 320 g/mol. The molecule has 128 valence electrons. The van der Waals surface area contributed by atoms with Crippen molar-refractivity contribution in [3.8, 4) is 11.5 Å². The number of hydrogen-bond acceptors (Lipinski definition) is 5. The van der Waals surface area contributed by atoms with Crippen LogP contribution >= 0.6 is 0 Å². The topological polar surface area (TPSA) is 84.6 Å². The summed E-state index contributed by atoms with van der Waals surface area (Å²) in [5, 5.41) is 19.4. The van der Waals surface area contributed by atoms with E-state index in [2.05, 4.69) is 4.98 Å². The van der Waals surface area contributed by atoms with Crippen molar-refractivity contribution in [2.75, 3.05) is 13.7 Å². The van der Waals surface area contributed by atoms with Crippen molar-refractivity contribution >= 4 is 23.1 Å². The van der Waals surface area contributed by atoms with E-state index in [1.54, 1.807) is 42.5 Å². The van der Waals surface area contributed by atoms with Gasteiger partial charge < -0.3 is 14.9 Å². The normalized spacial score (nSPS) is 11.3. The highest BCUT2D eigenvalue weighted by Gasteiger charge is 2.08. The fraction of sp³-hybridized carbons (Fsp3) is 0.158. The van der Waals surface area contributed by atoms with Crippen molar-refractivity contribution in [1.82, 2.24) is 9.55 Å². The number of benzene rings is 2. The molecule has 0 unspecified atom stereocenters. The number of aliphatic hydroxyl groups excluding tert-OH is 1. The lowest BCUT2D eigenvalue weighted by molar-refractivity contribution is 0.273. The predicted octanol–water partition coefficient (Wildman–Crippen LogP) is 2.27. The number of fused-ring (bicyclic) bond motifs is 1. The van der Waals surface area contributed by atoms with Crippen LogP contribution in [0.1, 0.15) is 11.4 Å². The number of rotatable bonds is 5. The second kappa shape index (κ2) is 7.19. The summed E-state index contributed by atoms with van der Waals surface area (Å²) in [5.74, 6) is 0.867. The average molecular weight is 338 g/mol. The summed E-state index contributed by atoms with van der Waals surface area (Å²) in [4.78, 5) is 17.1. The van der Waals surface area contributed by atoms with Crippen LogP contribution in [-0.2, 0) is 6.54 Å². The molecule has 6 heteroatoms. The first-order chi connectivity index (χ1) is 12.1. The van der Waals surface area contributed by atoms with Crippen LogP contribution in [0.5, 0.6) is 11.5 Å². The van der Waals surface area contributed by atoms with E-state index in [4.69, 9.17) is 4.74 Å². The smallest absolute Gasteiger partial charge is 0.261 e. The minimum atomic E-state index is -0.192. The number of phenolic OH excluding ortho intramolecular Hbond substituents is 1.